The zero-order valence-electron chi connectivity index (χ0n) is 17.6. The summed E-state index contributed by atoms with van der Waals surface area (Å²) in [6.45, 7) is 13.6. The summed E-state index contributed by atoms with van der Waals surface area (Å²) < 4.78 is 11.4. The number of benzene rings is 1. The van der Waals surface area contributed by atoms with Crippen molar-refractivity contribution >= 4 is 0 Å². The molecule has 0 amide bonds. The van der Waals surface area contributed by atoms with Gasteiger partial charge in [-0.05, 0) is 19.9 Å². The lowest BCUT2D eigenvalue weighted by Crippen LogP contribution is -2.37. The monoisotopic (exact) mass is 385 g/mol. The van der Waals surface area contributed by atoms with E-state index in [9.17, 15) is 4.79 Å². The molecular weight excluding hydrogens is 354 g/mol. The summed E-state index contributed by atoms with van der Waals surface area (Å²) in [6, 6.07) is 5.98. The van der Waals surface area contributed by atoms with Gasteiger partial charge in [-0.3, -0.25) is 9.69 Å². The number of aromatic amines is 1. The first-order valence-corrected chi connectivity index (χ1v) is 10.0. The fourth-order valence-electron chi connectivity index (χ4n) is 3.42. The van der Waals surface area contributed by atoms with E-state index in [4.69, 9.17) is 14.5 Å². The SMILES string of the molecule is CCOc1ccc(CN2CCc3nc(C(C)(C)C)[nH]c(=O)c3C2)c(OCC)c1. The minimum atomic E-state index is -0.167. The molecule has 1 N–H and O–H groups in total. The zero-order chi connectivity index (χ0) is 20.3. The summed E-state index contributed by atoms with van der Waals surface area (Å²) >= 11 is 0. The predicted octanol–water partition coefficient (Wildman–Crippen LogP) is 3.42. The number of nitrogens with one attached hydrogen (secondary N) is 1. The molecule has 1 aromatic carbocycles. The number of ether oxygens (including phenoxy) is 2. The topological polar surface area (TPSA) is 67.5 Å². The van der Waals surface area contributed by atoms with E-state index >= 15 is 0 Å². The second-order valence-electron chi connectivity index (χ2n) is 8.19. The van der Waals surface area contributed by atoms with E-state index in [0.717, 1.165) is 53.7 Å². The molecule has 6 nitrogen and oxygen atoms in total. The molecule has 1 aliphatic heterocycles. The molecule has 0 bridgehead atoms. The number of rotatable bonds is 6. The molecule has 0 aliphatic carbocycles. The second-order valence-corrected chi connectivity index (χ2v) is 8.19. The van der Waals surface area contributed by atoms with Gasteiger partial charge in [0.15, 0.2) is 0 Å². The number of hydrogen-bond donors (Lipinski definition) is 1. The Morgan fingerprint density at radius 2 is 1.93 bits per heavy atom. The summed E-state index contributed by atoms with van der Waals surface area (Å²) in [4.78, 5) is 22.6. The van der Waals surface area contributed by atoms with Crippen molar-refractivity contribution in [3.63, 3.8) is 0 Å². The van der Waals surface area contributed by atoms with Crippen LogP contribution in [0, 0.1) is 0 Å². The summed E-state index contributed by atoms with van der Waals surface area (Å²) in [5.41, 5.74) is 2.63. The Labute approximate surface area is 166 Å². The van der Waals surface area contributed by atoms with Gasteiger partial charge in [0.05, 0.1) is 24.5 Å². The van der Waals surface area contributed by atoms with Crippen LogP contribution in [0.1, 0.15) is 57.3 Å². The molecule has 2 aromatic rings. The summed E-state index contributed by atoms with van der Waals surface area (Å²) in [5.74, 6) is 2.42. The molecule has 1 aliphatic rings. The summed E-state index contributed by atoms with van der Waals surface area (Å²) in [6.07, 6.45) is 0.781. The molecule has 3 rings (SSSR count). The predicted molar refractivity (Wildman–Crippen MR) is 110 cm³/mol. The highest BCUT2D eigenvalue weighted by atomic mass is 16.5. The highest BCUT2D eigenvalue weighted by Gasteiger charge is 2.25. The fourth-order valence-corrected chi connectivity index (χ4v) is 3.42. The molecule has 28 heavy (non-hydrogen) atoms. The van der Waals surface area contributed by atoms with Crippen molar-refractivity contribution in [3.05, 3.63) is 51.2 Å². The third-order valence-corrected chi connectivity index (χ3v) is 4.90. The van der Waals surface area contributed by atoms with Crippen molar-refractivity contribution in [2.45, 2.75) is 59.5 Å². The fraction of sp³-hybridized carbons (Fsp3) is 0.545. The lowest BCUT2D eigenvalue weighted by Gasteiger charge is -2.29. The van der Waals surface area contributed by atoms with E-state index in [1.807, 2.05) is 26.0 Å². The minimum Gasteiger partial charge on any atom is -0.494 e. The van der Waals surface area contributed by atoms with Crippen LogP contribution in [0.5, 0.6) is 11.5 Å². The minimum absolute atomic E-state index is 0.0173. The molecule has 0 atom stereocenters. The number of hydrogen-bond acceptors (Lipinski definition) is 5. The molecule has 6 heteroatoms. The standard InChI is InChI=1S/C22H31N3O3/c1-6-27-16-9-8-15(19(12-16)28-7-2)13-25-11-10-18-17(14-25)20(26)24-21(23-18)22(3,4)5/h8-9,12H,6-7,10-11,13-14H2,1-5H3,(H,23,24,26). The molecule has 1 aromatic heterocycles. The maximum absolute atomic E-state index is 12.7. The van der Waals surface area contributed by atoms with Crippen molar-refractivity contribution in [2.75, 3.05) is 19.8 Å². The van der Waals surface area contributed by atoms with Gasteiger partial charge in [-0.15, -0.1) is 0 Å². The summed E-state index contributed by atoms with van der Waals surface area (Å²) in [7, 11) is 0. The van der Waals surface area contributed by atoms with Crippen molar-refractivity contribution in [3.8, 4) is 11.5 Å². The number of aromatic nitrogens is 2. The molecule has 0 spiro atoms. The molecule has 0 radical (unpaired) electrons. The van der Waals surface area contributed by atoms with Crippen LogP contribution in [0.15, 0.2) is 23.0 Å². The van der Waals surface area contributed by atoms with E-state index < -0.39 is 0 Å². The summed E-state index contributed by atoms with van der Waals surface area (Å²) in [5, 5.41) is 0. The number of fused-ring (bicyclic) bond motifs is 1. The second kappa shape index (κ2) is 8.35. The van der Waals surface area contributed by atoms with Crippen molar-refractivity contribution < 1.29 is 9.47 Å². The largest absolute Gasteiger partial charge is 0.494 e. The normalized spacial score (nSPS) is 14.6. The first kappa shape index (κ1) is 20.4. The third kappa shape index (κ3) is 4.55. The van der Waals surface area contributed by atoms with Gasteiger partial charge in [0, 0.05) is 43.1 Å². The third-order valence-electron chi connectivity index (χ3n) is 4.90. The van der Waals surface area contributed by atoms with Gasteiger partial charge in [0.2, 0.25) is 0 Å². The molecule has 2 heterocycles. The lowest BCUT2D eigenvalue weighted by molar-refractivity contribution is 0.234. The van der Waals surface area contributed by atoms with E-state index in [0.29, 0.717) is 19.8 Å². The van der Waals surface area contributed by atoms with E-state index in [1.54, 1.807) is 0 Å². The maximum atomic E-state index is 12.7. The Kier molecular flexibility index (Phi) is 6.08. The zero-order valence-corrected chi connectivity index (χ0v) is 17.6. The molecule has 152 valence electrons. The Balaban J connectivity index is 1.81. The van der Waals surface area contributed by atoms with E-state index in [2.05, 4.69) is 36.7 Å². The van der Waals surface area contributed by atoms with Gasteiger partial charge in [-0.1, -0.05) is 26.8 Å². The molecular formula is C22H31N3O3. The smallest absolute Gasteiger partial charge is 0.255 e. The van der Waals surface area contributed by atoms with Crippen LogP contribution in [0.2, 0.25) is 0 Å². The van der Waals surface area contributed by atoms with Gasteiger partial charge >= 0.3 is 0 Å². The molecule has 0 saturated carbocycles. The first-order valence-electron chi connectivity index (χ1n) is 10.0. The van der Waals surface area contributed by atoms with Gasteiger partial charge in [0.1, 0.15) is 17.3 Å². The van der Waals surface area contributed by atoms with Gasteiger partial charge in [0.25, 0.3) is 5.56 Å². The molecule has 0 fully saturated rings. The van der Waals surface area contributed by atoms with Crippen molar-refractivity contribution in [1.29, 1.82) is 0 Å². The van der Waals surface area contributed by atoms with Crippen LogP contribution in [-0.2, 0) is 24.9 Å². The quantitative estimate of drug-likeness (QED) is 0.825. The van der Waals surface area contributed by atoms with Crippen LogP contribution in [0.4, 0.5) is 0 Å². The number of nitrogens with zero attached hydrogens (tertiary/aromatic N) is 2. The van der Waals surface area contributed by atoms with Crippen LogP contribution >= 0.6 is 0 Å². The Hall–Kier alpha value is -2.34. The Bertz CT molecular complexity index is 884. The highest BCUT2D eigenvalue weighted by Crippen LogP contribution is 2.28. The first-order chi connectivity index (χ1) is 13.3. The Morgan fingerprint density at radius 3 is 2.61 bits per heavy atom. The Morgan fingerprint density at radius 1 is 1.18 bits per heavy atom. The average molecular weight is 386 g/mol. The van der Waals surface area contributed by atoms with Gasteiger partial charge in [-0.2, -0.15) is 0 Å². The van der Waals surface area contributed by atoms with Crippen LogP contribution in [-0.4, -0.2) is 34.6 Å². The lowest BCUT2D eigenvalue weighted by atomic mass is 9.95. The molecule has 0 saturated heterocycles. The van der Waals surface area contributed by atoms with E-state index in [1.165, 1.54) is 0 Å². The maximum Gasteiger partial charge on any atom is 0.255 e. The number of H-pyrrole nitrogens is 1. The van der Waals surface area contributed by atoms with Crippen LogP contribution in [0.3, 0.4) is 0 Å². The molecule has 0 unspecified atom stereocenters. The van der Waals surface area contributed by atoms with E-state index in [-0.39, 0.29) is 11.0 Å². The van der Waals surface area contributed by atoms with Gasteiger partial charge < -0.3 is 14.5 Å². The van der Waals surface area contributed by atoms with Crippen LogP contribution < -0.4 is 15.0 Å². The van der Waals surface area contributed by atoms with Crippen molar-refractivity contribution in [1.82, 2.24) is 14.9 Å². The average Bonchev–Trinajstić information content (AvgIpc) is 2.64. The van der Waals surface area contributed by atoms with Crippen LogP contribution in [0.25, 0.3) is 0 Å². The van der Waals surface area contributed by atoms with Crippen molar-refractivity contribution in [2.24, 2.45) is 0 Å². The highest BCUT2D eigenvalue weighted by molar-refractivity contribution is 5.41. The van der Waals surface area contributed by atoms with Gasteiger partial charge in [-0.25, -0.2) is 4.98 Å².